The first kappa shape index (κ1) is 17.6. The number of amides is 1. The Hall–Kier alpha value is -2.21. The standard InChI is InChI=1S/C19H27N5O/c1-22(15-17-6-4-9-20-14-17)16-19(25)24-12-3-2-7-18(24)8-13-23-11-5-10-21-23/h4-6,9-11,14,18H,2-3,7-8,12-13,15-16H2,1H3/t18-/m1/s1. The largest absolute Gasteiger partial charge is 0.339 e. The monoisotopic (exact) mass is 341 g/mol. The highest BCUT2D eigenvalue weighted by atomic mass is 16.2. The van der Waals surface area contributed by atoms with Gasteiger partial charge in [-0.05, 0) is 50.4 Å². The van der Waals surface area contributed by atoms with E-state index in [4.69, 9.17) is 0 Å². The first-order valence-corrected chi connectivity index (χ1v) is 9.07. The van der Waals surface area contributed by atoms with Gasteiger partial charge in [-0.3, -0.25) is 19.4 Å². The quantitative estimate of drug-likeness (QED) is 0.775. The van der Waals surface area contributed by atoms with Gasteiger partial charge in [-0.15, -0.1) is 0 Å². The van der Waals surface area contributed by atoms with Crippen molar-refractivity contribution in [3.05, 3.63) is 48.5 Å². The van der Waals surface area contributed by atoms with Crippen LogP contribution < -0.4 is 0 Å². The molecule has 1 aliphatic rings. The van der Waals surface area contributed by atoms with Crippen molar-refractivity contribution >= 4 is 5.91 Å². The van der Waals surface area contributed by atoms with E-state index < -0.39 is 0 Å². The summed E-state index contributed by atoms with van der Waals surface area (Å²) in [5.41, 5.74) is 1.13. The molecule has 1 atom stereocenters. The molecule has 0 bridgehead atoms. The third-order valence-electron chi connectivity index (χ3n) is 4.78. The van der Waals surface area contributed by atoms with Gasteiger partial charge in [0, 0.05) is 50.5 Å². The number of likely N-dealkylation sites (tertiary alicyclic amines) is 1. The lowest BCUT2D eigenvalue weighted by atomic mass is 9.99. The van der Waals surface area contributed by atoms with Crippen molar-refractivity contribution in [2.24, 2.45) is 0 Å². The van der Waals surface area contributed by atoms with Crippen LogP contribution in [0.25, 0.3) is 0 Å². The number of nitrogens with zero attached hydrogens (tertiary/aromatic N) is 5. The lowest BCUT2D eigenvalue weighted by molar-refractivity contribution is -0.136. The third-order valence-corrected chi connectivity index (χ3v) is 4.78. The zero-order chi connectivity index (χ0) is 17.5. The minimum atomic E-state index is 0.233. The topological polar surface area (TPSA) is 54.3 Å². The zero-order valence-corrected chi connectivity index (χ0v) is 14.9. The third kappa shape index (κ3) is 5.13. The van der Waals surface area contributed by atoms with Crippen LogP contribution in [-0.2, 0) is 17.9 Å². The van der Waals surface area contributed by atoms with E-state index in [9.17, 15) is 4.79 Å². The van der Waals surface area contributed by atoms with Crippen LogP contribution in [0.3, 0.4) is 0 Å². The maximum atomic E-state index is 12.8. The van der Waals surface area contributed by atoms with Gasteiger partial charge >= 0.3 is 0 Å². The van der Waals surface area contributed by atoms with Crippen molar-refractivity contribution in [3.8, 4) is 0 Å². The Balaban J connectivity index is 1.52. The minimum Gasteiger partial charge on any atom is -0.339 e. The van der Waals surface area contributed by atoms with Crippen LogP contribution >= 0.6 is 0 Å². The van der Waals surface area contributed by atoms with Gasteiger partial charge in [0.1, 0.15) is 0 Å². The molecule has 0 radical (unpaired) electrons. The van der Waals surface area contributed by atoms with Crippen molar-refractivity contribution in [2.45, 2.75) is 44.8 Å². The second-order valence-corrected chi connectivity index (χ2v) is 6.83. The fraction of sp³-hybridized carbons (Fsp3) is 0.526. The first-order chi connectivity index (χ1) is 12.2. The van der Waals surface area contributed by atoms with Crippen LogP contribution in [0.4, 0.5) is 0 Å². The van der Waals surface area contributed by atoms with Gasteiger partial charge in [-0.2, -0.15) is 5.10 Å². The summed E-state index contributed by atoms with van der Waals surface area (Å²) < 4.78 is 1.95. The van der Waals surface area contributed by atoms with E-state index >= 15 is 0 Å². The summed E-state index contributed by atoms with van der Waals surface area (Å²) in [4.78, 5) is 21.1. The maximum Gasteiger partial charge on any atom is 0.236 e. The minimum absolute atomic E-state index is 0.233. The normalized spacial score (nSPS) is 17.8. The molecule has 0 unspecified atom stereocenters. The van der Waals surface area contributed by atoms with Crippen molar-refractivity contribution in [3.63, 3.8) is 0 Å². The smallest absolute Gasteiger partial charge is 0.236 e. The summed E-state index contributed by atoms with van der Waals surface area (Å²) in [6.07, 6.45) is 11.8. The summed E-state index contributed by atoms with van der Waals surface area (Å²) in [7, 11) is 1.99. The fourth-order valence-corrected chi connectivity index (χ4v) is 3.52. The van der Waals surface area contributed by atoms with Crippen molar-refractivity contribution in [1.29, 1.82) is 0 Å². The number of likely N-dealkylation sites (N-methyl/N-ethyl adjacent to an activating group) is 1. The molecule has 0 spiro atoms. The van der Waals surface area contributed by atoms with Crippen LogP contribution in [-0.4, -0.2) is 56.7 Å². The molecule has 0 saturated carbocycles. The Bertz CT molecular complexity index is 643. The molecule has 1 aliphatic heterocycles. The van der Waals surface area contributed by atoms with E-state index in [-0.39, 0.29) is 5.91 Å². The molecule has 1 amide bonds. The molecule has 3 heterocycles. The number of carbonyl (C=O) groups excluding carboxylic acids is 1. The van der Waals surface area contributed by atoms with Crippen LogP contribution in [0, 0.1) is 0 Å². The number of aryl methyl sites for hydroxylation is 1. The highest BCUT2D eigenvalue weighted by molar-refractivity contribution is 5.78. The average Bonchev–Trinajstić information content (AvgIpc) is 3.14. The van der Waals surface area contributed by atoms with Gasteiger partial charge in [0.05, 0.1) is 6.54 Å². The summed E-state index contributed by atoms with van der Waals surface area (Å²) in [5.74, 6) is 0.233. The van der Waals surface area contributed by atoms with Gasteiger partial charge in [-0.25, -0.2) is 0 Å². The van der Waals surface area contributed by atoms with E-state index in [1.807, 2.05) is 42.3 Å². The molecule has 134 valence electrons. The van der Waals surface area contributed by atoms with Crippen molar-refractivity contribution < 1.29 is 4.79 Å². The van der Waals surface area contributed by atoms with Crippen molar-refractivity contribution in [2.75, 3.05) is 20.1 Å². The molecule has 0 aromatic carbocycles. The number of carbonyl (C=O) groups is 1. The van der Waals surface area contributed by atoms with E-state index in [2.05, 4.69) is 19.9 Å². The average molecular weight is 341 g/mol. The number of piperidine rings is 1. The van der Waals surface area contributed by atoms with Gasteiger partial charge < -0.3 is 4.90 Å². The van der Waals surface area contributed by atoms with Crippen LogP contribution in [0.15, 0.2) is 43.0 Å². The predicted octanol–water partition coefficient (Wildman–Crippen LogP) is 2.18. The Morgan fingerprint density at radius 3 is 3.00 bits per heavy atom. The molecule has 3 rings (SSSR count). The highest BCUT2D eigenvalue weighted by Gasteiger charge is 2.27. The highest BCUT2D eigenvalue weighted by Crippen LogP contribution is 2.20. The number of rotatable bonds is 7. The van der Waals surface area contributed by atoms with E-state index in [0.29, 0.717) is 12.6 Å². The Labute approximate surface area is 149 Å². The van der Waals surface area contributed by atoms with Crippen LogP contribution in [0.2, 0.25) is 0 Å². The molecule has 6 heteroatoms. The van der Waals surface area contributed by atoms with Gasteiger partial charge in [0.25, 0.3) is 0 Å². The van der Waals surface area contributed by atoms with Gasteiger partial charge in [-0.1, -0.05) is 6.07 Å². The van der Waals surface area contributed by atoms with Crippen LogP contribution in [0.1, 0.15) is 31.2 Å². The molecule has 0 aliphatic carbocycles. The molecular formula is C19H27N5O. The summed E-state index contributed by atoms with van der Waals surface area (Å²) in [6, 6.07) is 6.25. The van der Waals surface area contributed by atoms with Gasteiger partial charge in [0.15, 0.2) is 0 Å². The molecule has 2 aromatic rings. The lowest BCUT2D eigenvalue weighted by Crippen LogP contribution is -2.47. The lowest BCUT2D eigenvalue weighted by Gasteiger charge is -2.37. The maximum absolute atomic E-state index is 12.8. The summed E-state index contributed by atoms with van der Waals surface area (Å²) >= 11 is 0. The predicted molar refractivity (Wildman–Crippen MR) is 96.8 cm³/mol. The van der Waals surface area contributed by atoms with E-state index in [1.54, 1.807) is 12.4 Å². The second-order valence-electron chi connectivity index (χ2n) is 6.83. The fourth-order valence-electron chi connectivity index (χ4n) is 3.52. The molecule has 2 aromatic heterocycles. The van der Waals surface area contributed by atoms with Gasteiger partial charge in [0.2, 0.25) is 5.91 Å². The Morgan fingerprint density at radius 1 is 1.32 bits per heavy atom. The Kier molecular flexibility index (Phi) is 6.17. The summed E-state index contributed by atoms with van der Waals surface area (Å²) in [6.45, 7) is 2.94. The molecule has 25 heavy (non-hydrogen) atoms. The SMILES string of the molecule is CN(CC(=O)N1CCCC[C@@H]1CCn1cccn1)Cc1cccnc1. The Morgan fingerprint density at radius 2 is 2.24 bits per heavy atom. The molecule has 0 N–H and O–H groups in total. The van der Waals surface area contributed by atoms with Crippen molar-refractivity contribution in [1.82, 2.24) is 24.6 Å². The van der Waals surface area contributed by atoms with E-state index in [0.717, 1.165) is 44.5 Å². The number of hydrogen-bond donors (Lipinski definition) is 0. The number of pyridine rings is 1. The molecular weight excluding hydrogens is 314 g/mol. The molecule has 1 fully saturated rings. The van der Waals surface area contributed by atoms with Crippen LogP contribution in [0.5, 0.6) is 0 Å². The zero-order valence-electron chi connectivity index (χ0n) is 14.9. The number of hydrogen-bond acceptors (Lipinski definition) is 4. The molecule has 1 saturated heterocycles. The second kappa shape index (κ2) is 8.76. The molecule has 6 nitrogen and oxygen atoms in total. The summed E-state index contributed by atoms with van der Waals surface area (Å²) in [5, 5.41) is 4.26. The first-order valence-electron chi connectivity index (χ1n) is 9.07. The number of aromatic nitrogens is 3. The van der Waals surface area contributed by atoms with E-state index in [1.165, 1.54) is 6.42 Å².